The molecule has 3 aliphatic rings. The zero-order valence-corrected chi connectivity index (χ0v) is 20.7. The number of nitrogens with zero attached hydrogens (tertiary/aromatic N) is 3. The average molecular weight is 490 g/mol. The first kappa shape index (κ1) is 24.9. The number of amides is 2. The van der Waals surface area contributed by atoms with Crippen LogP contribution in [-0.4, -0.2) is 86.8 Å². The van der Waals surface area contributed by atoms with Gasteiger partial charge in [-0.1, -0.05) is 19.1 Å². The fraction of sp³-hybridized carbons (Fsp3) is 0.600. The largest absolute Gasteiger partial charge is 0.379 e. The topological polar surface area (TPSA) is 87.2 Å². The van der Waals surface area contributed by atoms with E-state index >= 15 is 0 Å². The Labute approximate surface area is 202 Å². The predicted molar refractivity (Wildman–Crippen MR) is 129 cm³/mol. The van der Waals surface area contributed by atoms with E-state index < -0.39 is 10.0 Å². The van der Waals surface area contributed by atoms with Crippen LogP contribution in [0, 0.1) is 11.8 Å². The molecule has 1 atom stereocenters. The standard InChI is InChI=1S/C25H35N3O5S/c1-20-3-2-12-27(19-20)25(30)22-10-13-26(14-11-22)24(29)9-6-21-4-7-23(8-5-21)34(31,32)28-15-17-33-18-16-28/h4-9,20,22H,2-3,10-19H2,1H3/b9-6+. The van der Waals surface area contributed by atoms with Crippen LogP contribution < -0.4 is 0 Å². The van der Waals surface area contributed by atoms with Crippen molar-refractivity contribution in [3.63, 3.8) is 0 Å². The highest BCUT2D eigenvalue weighted by Gasteiger charge is 2.31. The van der Waals surface area contributed by atoms with Gasteiger partial charge in [-0.15, -0.1) is 0 Å². The lowest BCUT2D eigenvalue weighted by atomic mass is 9.92. The van der Waals surface area contributed by atoms with Gasteiger partial charge in [0.2, 0.25) is 21.8 Å². The zero-order chi connectivity index (χ0) is 24.1. The molecule has 0 N–H and O–H groups in total. The molecule has 3 saturated heterocycles. The average Bonchev–Trinajstić information content (AvgIpc) is 2.87. The lowest BCUT2D eigenvalue weighted by Crippen LogP contribution is -2.46. The van der Waals surface area contributed by atoms with Gasteiger partial charge in [0.05, 0.1) is 18.1 Å². The first-order chi connectivity index (χ1) is 16.3. The molecule has 0 spiro atoms. The van der Waals surface area contributed by atoms with E-state index in [4.69, 9.17) is 4.74 Å². The minimum absolute atomic E-state index is 0.0132. The molecule has 8 nitrogen and oxygen atoms in total. The Morgan fingerprint density at radius 3 is 2.26 bits per heavy atom. The van der Waals surface area contributed by atoms with Gasteiger partial charge in [0, 0.05) is 51.3 Å². The molecule has 3 fully saturated rings. The molecular weight excluding hydrogens is 454 g/mol. The fourth-order valence-corrected chi connectivity index (χ4v) is 6.36. The number of ether oxygens (including phenoxy) is 1. The Hall–Kier alpha value is -2.23. The SMILES string of the molecule is CC1CCCN(C(=O)C2CCN(C(=O)/C=C/c3ccc(S(=O)(=O)N4CCOCC4)cc3)CC2)C1. The monoisotopic (exact) mass is 489 g/mol. The lowest BCUT2D eigenvalue weighted by molar-refractivity contribution is -0.140. The van der Waals surface area contributed by atoms with Crippen LogP contribution in [0.2, 0.25) is 0 Å². The van der Waals surface area contributed by atoms with Crippen molar-refractivity contribution in [2.75, 3.05) is 52.5 Å². The van der Waals surface area contributed by atoms with Crippen molar-refractivity contribution in [1.82, 2.24) is 14.1 Å². The first-order valence-corrected chi connectivity index (χ1v) is 13.7. The van der Waals surface area contributed by atoms with Gasteiger partial charge in [-0.3, -0.25) is 9.59 Å². The molecule has 186 valence electrons. The molecule has 1 aromatic carbocycles. The number of carbonyl (C=O) groups excluding carboxylic acids is 2. The summed E-state index contributed by atoms with van der Waals surface area (Å²) in [4.78, 5) is 29.5. The van der Waals surface area contributed by atoms with E-state index in [-0.39, 0.29) is 22.6 Å². The summed E-state index contributed by atoms with van der Waals surface area (Å²) in [5.41, 5.74) is 0.763. The fourth-order valence-electron chi connectivity index (χ4n) is 4.95. The zero-order valence-electron chi connectivity index (χ0n) is 19.9. The summed E-state index contributed by atoms with van der Waals surface area (Å²) in [6.45, 7) is 6.61. The molecule has 3 aliphatic heterocycles. The number of likely N-dealkylation sites (tertiary alicyclic amines) is 2. The van der Waals surface area contributed by atoms with Gasteiger partial charge in [-0.2, -0.15) is 4.31 Å². The molecule has 1 aromatic rings. The Balaban J connectivity index is 1.28. The minimum atomic E-state index is -3.53. The van der Waals surface area contributed by atoms with Crippen LogP contribution in [0.1, 0.15) is 38.2 Å². The van der Waals surface area contributed by atoms with Crippen molar-refractivity contribution >= 4 is 27.9 Å². The third-order valence-electron chi connectivity index (χ3n) is 7.03. The second-order valence-corrected chi connectivity index (χ2v) is 11.5. The van der Waals surface area contributed by atoms with Gasteiger partial charge in [0.1, 0.15) is 0 Å². The van der Waals surface area contributed by atoms with Gasteiger partial charge in [0.15, 0.2) is 0 Å². The Morgan fingerprint density at radius 1 is 0.941 bits per heavy atom. The number of carbonyl (C=O) groups is 2. The van der Waals surface area contributed by atoms with Crippen LogP contribution in [0.4, 0.5) is 0 Å². The quantitative estimate of drug-likeness (QED) is 0.592. The van der Waals surface area contributed by atoms with E-state index in [1.807, 2.05) is 4.90 Å². The van der Waals surface area contributed by atoms with E-state index in [0.717, 1.165) is 25.1 Å². The molecule has 3 heterocycles. The molecule has 0 bridgehead atoms. The molecular formula is C25H35N3O5S. The third kappa shape index (κ3) is 5.87. The summed E-state index contributed by atoms with van der Waals surface area (Å²) >= 11 is 0. The molecule has 4 rings (SSSR count). The summed E-state index contributed by atoms with van der Waals surface area (Å²) in [6, 6.07) is 6.57. The Kier molecular flexibility index (Phi) is 8.06. The van der Waals surface area contributed by atoms with Crippen LogP contribution >= 0.6 is 0 Å². The molecule has 34 heavy (non-hydrogen) atoms. The molecule has 9 heteroatoms. The van der Waals surface area contributed by atoms with E-state index in [9.17, 15) is 18.0 Å². The van der Waals surface area contributed by atoms with Crippen LogP contribution in [0.5, 0.6) is 0 Å². The van der Waals surface area contributed by atoms with Gasteiger partial charge in [-0.05, 0) is 55.4 Å². The summed E-state index contributed by atoms with van der Waals surface area (Å²) in [5, 5.41) is 0. The maximum atomic E-state index is 12.8. The van der Waals surface area contributed by atoms with Crippen molar-refractivity contribution in [1.29, 1.82) is 0 Å². The van der Waals surface area contributed by atoms with Gasteiger partial charge in [-0.25, -0.2) is 8.42 Å². The predicted octanol–water partition coefficient (Wildman–Crippen LogP) is 2.22. The summed E-state index contributed by atoms with van der Waals surface area (Å²) in [7, 11) is -3.53. The highest BCUT2D eigenvalue weighted by molar-refractivity contribution is 7.89. The van der Waals surface area contributed by atoms with Crippen molar-refractivity contribution in [2.24, 2.45) is 11.8 Å². The number of rotatable bonds is 5. The molecule has 0 radical (unpaired) electrons. The smallest absolute Gasteiger partial charge is 0.246 e. The van der Waals surface area contributed by atoms with Crippen LogP contribution in [0.3, 0.4) is 0 Å². The van der Waals surface area contributed by atoms with Crippen molar-refractivity contribution in [3.05, 3.63) is 35.9 Å². The van der Waals surface area contributed by atoms with Gasteiger partial charge in [0.25, 0.3) is 0 Å². The highest BCUT2D eigenvalue weighted by atomic mass is 32.2. The number of morpholine rings is 1. The number of hydrogen-bond donors (Lipinski definition) is 0. The van der Waals surface area contributed by atoms with Gasteiger partial charge < -0.3 is 14.5 Å². The molecule has 0 saturated carbocycles. The molecule has 1 unspecified atom stereocenters. The van der Waals surface area contributed by atoms with Crippen molar-refractivity contribution < 1.29 is 22.7 Å². The number of piperidine rings is 2. The second kappa shape index (κ2) is 11.0. The van der Waals surface area contributed by atoms with Crippen LogP contribution in [0.25, 0.3) is 6.08 Å². The Morgan fingerprint density at radius 2 is 1.62 bits per heavy atom. The molecule has 0 aromatic heterocycles. The summed E-state index contributed by atoms with van der Waals surface area (Å²) < 4.78 is 32.1. The third-order valence-corrected chi connectivity index (χ3v) is 8.94. The van der Waals surface area contributed by atoms with E-state index in [1.54, 1.807) is 35.2 Å². The van der Waals surface area contributed by atoms with E-state index in [0.29, 0.717) is 58.2 Å². The Bertz CT molecular complexity index is 994. The van der Waals surface area contributed by atoms with Crippen molar-refractivity contribution in [2.45, 2.75) is 37.5 Å². The highest BCUT2D eigenvalue weighted by Crippen LogP contribution is 2.24. The maximum Gasteiger partial charge on any atom is 0.246 e. The lowest BCUT2D eigenvalue weighted by Gasteiger charge is -2.37. The number of benzene rings is 1. The molecule has 2 amide bonds. The summed E-state index contributed by atoms with van der Waals surface area (Å²) in [6.07, 6.45) is 6.92. The normalized spacial score (nSPS) is 23.4. The van der Waals surface area contributed by atoms with Gasteiger partial charge >= 0.3 is 0 Å². The number of sulfonamides is 1. The van der Waals surface area contributed by atoms with Crippen LogP contribution in [0.15, 0.2) is 35.2 Å². The molecule has 0 aliphatic carbocycles. The van der Waals surface area contributed by atoms with E-state index in [1.165, 1.54) is 16.8 Å². The second-order valence-electron chi connectivity index (χ2n) is 9.55. The number of hydrogen-bond acceptors (Lipinski definition) is 5. The van der Waals surface area contributed by atoms with E-state index in [2.05, 4.69) is 6.92 Å². The minimum Gasteiger partial charge on any atom is -0.379 e. The summed E-state index contributed by atoms with van der Waals surface area (Å²) in [5.74, 6) is 0.751. The maximum absolute atomic E-state index is 12.8. The first-order valence-electron chi connectivity index (χ1n) is 12.3. The van der Waals surface area contributed by atoms with Crippen molar-refractivity contribution in [3.8, 4) is 0 Å². The van der Waals surface area contributed by atoms with Crippen LogP contribution in [-0.2, 0) is 24.3 Å².